The summed E-state index contributed by atoms with van der Waals surface area (Å²) in [5, 5.41) is 13.2. The molecule has 0 aromatic carbocycles. The predicted octanol–water partition coefficient (Wildman–Crippen LogP) is 2.08. The number of carbonyl (C=O) groups is 1. The zero-order chi connectivity index (χ0) is 14.3. The van der Waals surface area contributed by atoms with Crippen LogP contribution in [0.15, 0.2) is 4.52 Å². The topological polar surface area (TPSA) is 85.5 Å². The second kappa shape index (κ2) is 7.23. The fraction of sp³-hybridized carbons (Fsp3) is 0.769. The van der Waals surface area contributed by atoms with Crippen LogP contribution in [0.5, 0.6) is 0 Å². The number of carboxylic acid groups (broad SMARTS) is 1. The first kappa shape index (κ1) is 15.6. The number of ether oxygens (including phenoxy) is 1. The maximum Gasteiger partial charge on any atom is 0.310 e. The highest BCUT2D eigenvalue weighted by Crippen LogP contribution is 2.30. The summed E-state index contributed by atoms with van der Waals surface area (Å²) in [5.74, 6) is 0.138. The van der Waals surface area contributed by atoms with Gasteiger partial charge in [-0.1, -0.05) is 19.0 Å². The van der Waals surface area contributed by atoms with Crippen LogP contribution in [0.4, 0.5) is 0 Å². The van der Waals surface area contributed by atoms with Crippen molar-refractivity contribution in [3.8, 4) is 0 Å². The summed E-state index contributed by atoms with van der Waals surface area (Å²) < 4.78 is 10.3. The third kappa shape index (κ3) is 4.02. The van der Waals surface area contributed by atoms with Crippen molar-refractivity contribution in [1.29, 1.82) is 0 Å². The average molecular weight is 270 g/mol. The molecule has 0 amide bonds. The minimum Gasteiger partial charge on any atom is -0.481 e. The van der Waals surface area contributed by atoms with Crippen LogP contribution in [-0.4, -0.2) is 34.4 Å². The zero-order valence-corrected chi connectivity index (χ0v) is 11.8. The number of carboxylic acids is 1. The van der Waals surface area contributed by atoms with Crippen LogP contribution in [0.3, 0.4) is 0 Å². The maximum absolute atomic E-state index is 11.4. The molecule has 0 saturated carbocycles. The van der Waals surface area contributed by atoms with Gasteiger partial charge in [-0.2, -0.15) is 4.98 Å². The fourth-order valence-corrected chi connectivity index (χ4v) is 1.94. The quantitative estimate of drug-likeness (QED) is 0.691. The first-order valence-corrected chi connectivity index (χ1v) is 6.70. The highest BCUT2D eigenvalue weighted by molar-refractivity contribution is 5.74. The third-order valence-electron chi connectivity index (χ3n) is 3.48. The standard InChI is InChI=1S/C13H22N2O4/c1-4-13(5-2,12(16)17)9-11-14-10(15-19-11)7-8-18-6-3/h4-9H2,1-3H3,(H,16,17). The van der Waals surface area contributed by atoms with Crippen molar-refractivity contribution in [2.24, 2.45) is 5.41 Å². The lowest BCUT2D eigenvalue weighted by Gasteiger charge is -2.24. The molecule has 6 heteroatoms. The van der Waals surface area contributed by atoms with E-state index in [1.807, 2.05) is 20.8 Å². The number of rotatable bonds is 9. The minimum absolute atomic E-state index is 0.275. The molecule has 1 aromatic rings. The van der Waals surface area contributed by atoms with Gasteiger partial charge in [-0.15, -0.1) is 0 Å². The Morgan fingerprint density at radius 3 is 2.58 bits per heavy atom. The molecule has 1 aromatic heterocycles. The lowest BCUT2D eigenvalue weighted by atomic mass is 9.79. The fourth-order valence-electron chi connectivity index (χ4n) is 1.94. The number of hydrogen-bond acceptors (Lipinski definition) is 5. The molecule has 1 N–H and O–H groups in total. The Morgan fingerprint density at radius 2 is 2.05 bits per heavy atom. The Labute approximate surface area is 113 Å². The molecule has 0 atom stereocenters. The van der Waals surface area contributed by atoms with Crippen LogP contribution < -0.4 is 0 Å². The Balaban J connectivity index is 2.68. The van der Waals surface area contributed by atoms with Gasteiger partial charge in [-0.05, 0) is 19.8 Å². The van der Waals surface area contributed by atoms with Crippen molar-refractivity contribution in [3.05, 3.63) is 11.7 Å². The van der Waals surface area contributed by atoms with E-state index in [1.165, 1.54) is 0 Å². The van der Waals surface area contributed by atoms with Crippen LogP contribution in [-0.2, 0) is 22.4 Å². The van der Waals surface area contributed by atoms with Gasteiger partial charge in [0, 0.05) is 19.4 Å². The van der Waals surface area contributed by atoms with E-state index in [1.54, 1.807) is 0 Å². The molecular formula is C13H22N2O4. The zero-order valence-electron chi connectivity index (χ0n) is 11.8. The highest BCUT2D eigenvalue weighted by Gasteiger charge is 2.37. The molecule has 0 unspecified atom stereocenters. The van der Waals surface area contributed by atoms with Crippen molar-refractivity contribution in [1.82, 2.24) is 10.1 Å². The molecule has 0 fully saturated rings. The van der Waals surface area contributed by atoms with Gasteiger partial charge in [-0.25, -0.2) is 0 Å². The first-order valence-electron chi connectivity index (χ1n) is 6.70. The van der Waals surface area contributed by atoms with Crippen molar-refractivity contribution in [2.45, 2.75) is 46.5 Å². The summed E-state index contributed by atoms with van der Waals surface area (Å²) in [4.78, 5) is 15.6. The van der Waals surface area contributed by atoms with E-state index >= 15 is 0 Å². The largest absolute Gasteiger partial charge is 0.481 e. The van der Waals surface area contributed by atoms with Crippen molar-refractivity contribution in [3.63, 3.8) is 0 Å². The molecule has 0 aliphatic rings. The Kier molecular flexibility index (Phi) is 5.95. The molecule has 108 valence electrons. The summed E-state index contributed by atoms with van der Waals surface area (Å²) in [7, 11) is 0. The second-order valence-electron chi connectivity index (χ2n) is 4.52. The molecule has 1 rings (SSSR count). The Bertz CT molecular complexity index is 399. The molecule has 0 aliphatic heterocycles. The molecular weight excluding hydrogens is 248 g/mol. The van der Waals surface area contributed by atoms with Gasteiger partial charge >= 0.3 is 5.97 Å². The van der Waals surface area contributed by atoms with Crippen LogP contribution in [0, 0.1) is 5.41 Å². The summed E-state index contributed by atoms with van der Waals surface area (Å²) in [5.41, 5.74) is -0.816. The smallest absolute Gasteiger partial charge is 0.310 e. The van der Waals surface area contributed by atoms with E-state index in [2.05, 4.69) is 10.1 Å². The molecule has 0 saturated heterocycles. The van der Waals surface area contributed by atoms with E-state index in [-0.39, 0.29) is 6.42 Å². The summed E-state index contributed by atoms with van der Waals surface area (Å²) >= 11 is 0. The summed E-state index contributed by atoms with van der Waals surface area (Å²) in [6, 6.07) is 0. The molecule has 0 bridgehead atoms. The first-order chi connectivity index (χ1) is 9.07. The van der Waals surface area contributed by atoms with Crippen LogP contribution in [0.1, 0.15) is 45.3 Å². The van der Waals surface area contributed by atoms with Crippen molar-refractivity contribution >= 4 is 5.97 Å². The number of nitrogens with zero attached hydrogens (tertiary/aromatic N) is 2. The second-order valence-corrected chi connectivity index (χ2v) is 4.52. The van der Waals surface area contributed by atoms with Gasteiger partial charge in [0.25, 0.3) is 0 Å². The predicted molar refractivity (Wildman–Crippen MR) is 68.8 cm³/mol. The van der Waals surface area contributed by atoms with E-state index in [9.17, 15) is 9.90 Å². The summed E-state index contributed by atoms with van der Waals surface area (Å²) in [6.45, 7) is 6.85. The molecule has 0 spiro atoms. The van der Waals surface area contributed by atoms with Gasteiger partial charge in [-0.3, -0.25) is 4.79 Å². The molecule has 0 aliphatic carbocycles. The maximum atomic E-state index is 11.4. The third-order valence-corrected chi connectivity index (χ3v) is 3.48. The van der Waals surface area contributed by atoms with E-state index < -0.39 is 11.4 Å². The van der Waals surface area contributed by atoms with Crippen molar-refractivity contribution in [2.75, 3.05) is 13.2 Å². The van der Waals surface area contributed by atoms with Crippen molar-refractivity contribution < 1.29 is 19.2 Å². The number of hydrogen-bond donors (Lipinski definition) is 1. The molecule has 19 heavy (non-hydrogen) atoms. The number of aromatic nitrogens is 2. The Morgan fingerprint density at radius 1 is 1.37 bits per heavy atom. The van der Waals surface area contributed by atoms with Gasteiger partial charge in [0.1, 0.15) is 0 Å². The highest BCUT2D eigenvalue weighted by atomic mass is 16.5. The van der Waals surface area contributed by atoms with Gasteiger partial charge in [0.15, 0.2) is 5.82 Å². The van der Waals surface area contributed by atoms with Crippen LogP contribution >= 0.6 is 0 Å². The minimum atomic E-state index is -0.816. The monoisotopic (exact) mass is 270 g/mol. The summed E-state index contributed by atoms with van der Waals surface area (Å²) in [6.07, 6.45) is 1.93. The van der Waals surface area contributed by atoms with Crippen LogP contribution in [0.2, 0.25) is 0 Å². The van der Waals surface area contributed by atoms with Gasteiger partial charge in [0.05, 0.1) is 12.0 Å². The Hall–Kier alpha value is -1.43. The lowest BCUT2D eigenvalue weighted by molar-refractivity contribution is -0.149. The van der Waals surface area contributed by atoms with Crippen LogP contribution in [0.25, 0.3) is 0 Å². The average Bonchev–Trinajstić information content (AvgIpc) is 2.83. The normalized spacial score (nSPS) is 11.7. The van der Waals surface area contributed by atoms with E-state index in [0.29, 0.717) is 44.2 Å². The number of aliphatic carboxylic acids is 1. The molecule has 0 radical (unpaired) electrons. The molecule has 6 nitrogen and oxygen atoms in total. The van der Waals surface area contributed by atoms with Gasteiger partial charge in [0.2, 0.25) is 5.89 Å². The van der Waals surface area contributed by atoms with Gasteiger partial charge < -0.3 is 14.4 Å². The van der Waals surface area contributed by atoms with E-state index in [4.69, 9.17) is 9.26 Å². The van der Waals surface area contributed by atoms with E-state index in [0.717, 1.165) is 0 Å². The SMILES string of the molecule is CCOCCc1noc(CC(CC)(CC)C(=O)O)n1. The molecule has 1 heterocycles. The lowest BCUT2D eigenvalue weighted by Crippen LogP contribution is -2.32.